The lowest BCUT2D eigenvalue weighted by Crippen LogP contribution is -2.35. The summed E-state index contributed by atoms with van der Waals surface area (Å²) in [5, 5.41) is 8.93. The predicted octanol–water partition coefficient (Wildman–Crippen LogP) is 1.53. The van der Waals surface area contributed by atoms with Crippen LogP contribution >= 0.6 is 0 Å². The van der Waals surface area contributed by atoms with Gasteiger partial charge in [-0.25, -0.2) is 8.42 Å². The minimum Gasteiger partial charge on any atom is -0.395 e. The van der Waals surface area contributed by atoms with Crippen LogP contribution in [0.3, 0.4) is 0 Å². The number of benzene rings is 1. The normalized spacial score (nSPS) is 12.0. The lowest BCUT2D eigenvalue weighted by molar-refractivity contribution is 0.253. The third-order valence-corrected chi connectivity index (χ3v) is 4.50. The van der Waals surface area contributed by atoms with E-state index in [1.165, 1.54) is 4.31 Å². The van der Waals surface area contributed by atoms with E-state index in [1.54, 1.807) is 0 Å². The van der Waals surface area contributed by atoms with E-state index >= 15 is 0 Å². The molecule has 0 bridgehead atoms. The predicted molar refractivity (Wildman–Crippen MR) is 72.8 cm³/mol. The SMILES string of the molecule is CCCN(CCO)S(=O)(=O)Cc1cccc(C)c1. The monoisotopic (exact) mass is 271 g/mol. The molecule has 0 amide bonds. The lowest BCUT2D eigenvalue weighted by atomic mass is 10.2. The van der Waals surface area contributed by atoms with Crippen LogP contribution in [-0.2, 0) is 15.8 Å². The van der Waals surface area contributed by atoms with E-state index < -0.39 is 10.0 Å². The number of rotatable bonds is 7. The molecule has 4 nitrogen and oxygen atoms in total. The Hall–Kier alpha value is -0.910. The van der Waals surface area contributed by atoms with Gasteiger partial charge in [-0.15, -0.1) is 0 Å². The highest BCUT2D eigenvalue weighted by Gasteiger charge is 2.21. The van der Waals surface area contributed by atoms with Crippen LogP contribution < -0.4 is 0 Å². The molecule has 0 heterocycles. The van der Waals surface area contributed by atoms with Gasteiger partial charge in [-0.2, -0.15) is 4.31 Å². The van der Waals surface area contributed by atoms with Crippen molar-refractivity contribution in [2.75, 3.05) is 19.7 Å². The summed E-state index contributed by atoms with van der Waals surface area (Å²) in [4.78, 5) is 0. The van der Waals surface area contributed by atoms with Crippen molar-refractivity contribution in [1.82, 2.24) is 4.31 Å². The van der Waals surface area contributed by atoms with Crippen molar-refractivity contribution in [1.29, 1.82) is 0 Å². The maximum Gasteiger partial charge on any atom is 0.218 e. The minimum atomic E-state index is -3.34. The van der Waals surface area contributed by atoms with Crippen molar-refractivity contribution >= 4 is 10.0 Å². The molecule has 0 aromatic heterocycles. The molecule has 0 aliphatic carbocycles. The third-order valence-electron chi connectivity index (χ3n) is 2.65. The average Bonchev–Trinajstić information content (AvgIpc) is 2.28. The first-order valence-corrected chi connectivity index (χ1v) is 7.74. The standard InChI is InChI=1S/C13H21NO3S/c1-3-7-14(8-9-15)18(16,17)11-13-6-4-5-12(2)10-13/h4-6,10,15H,3,7-9,11H2,1-2H3. The fourth-order valence-corrected chi connectivity index (χ4v) is 3.46. The van der Waals surface area contributed by atoms with Crippen LogP contribution in [0.25, 0.3) is 0 Å². The minimum absolute atomic E-state index is 0.00528. The van der Waals surface area contributed by atoms with Gasteiger partial charge in [0.2, 0.25) is 10.0 Å². The van der Waals surface area contributed by atoms with Crippen LogP contribution in [0.15, 0.2) is 24.3 Å². The van der Waals surface area contributed by atoms with E-state index in [-0.39, 0.29) is 18.9 Å². The average molecular weight is 271 g/mol. The zero-order chi connectivity index (χ0) is 13.6. The molecule has 102 valence electrons. The molecule has 1 aromatic carbocycles. The van der Waals surface area contributed by atoms with Gasteiger partial charge in [0.15, 0.2) is 0 Å². The van der Waals surface area contributed by atoms with Crippen LogP contribution in [0, 0.1) is 6.92 Å². The maximum atomic E-state index is 12.2. The number of sulfonamides is 1. The second-order valence-electron chi connectivity index (χ2n) is 4.37. The molecule has 0 fully saturated rings. The molecule has 0 unspecified atom stereocenters. The number of nitrogens with zero attached hydrogens (tertiary/aromatic N) is 1. The zero-order valence-corrected chi connectivity index (χ0v) is 11.8. The van der Waals surface area contributed by atoms with Gasteiger partial charge in [0.25, 0.3) is 0 Å². The second kappa shape index (κ2) is 6.87. The molecule has 0 radical (unpaired) electrons. The summed E-state index contributed by atoms with van der Waals surface area (Å²) < 4.78 is 25.8. The molecule has 5 heteroatoms. The third kappa shape index (κ3) is 4.40. The van der Waals surface area contributed by atoms with Crippen molar-refractivity contribution in [3.63, 3.8) is 0 Å². The van der Waals surface area contributed by atoms with Crippen molar-refractivity contribution < 1.29 is 13.5 Å². The van der Waals surface area contributed by atoms with Gasteiger partial charge in [0.05, 0.1) is 12.4 Å². The van der Waals surface area contributed by atoms with Crippen LogP contribution in [-0.4, -0.2) is 37.5 Å². The highest BCUT2D eigenvalue weighted by molar-refractivity contribution is 7.88. The Morgan fingerprint density at radius 3 is 2.56 bits per heavy atom. The number of hydrogen-bond donors (Lipinski definition) is 1. The quantitative estimate of drug-likeness (QED) is 0.818. The van der Waals surface area contributed by atoms with Gasteiger partial charge >= 0.3 is 0 Å². The molecule has 0 saturated carbocycles. The summed E-state index contributed by atoms with van der Waals surface area (Å²) in [6.07, 6.45) is 0.743. The van der Waals surface area contributed by atoms with E-state index in [4.69, 9.17) is 5.11 Å². The van der Waals surface area contributed by atoms with Gasteiger partial charge < -0.3 is 5.11 Å². The van der Waals surface area contributed by atoms with Crippen LogP contribution in [0.2, 0.25) is 0 Å². The fourth-order valence-electron chi connectivity index (χ4n) is 1.85. The molecule has 0 spiro atoms. The van der Waals surface area contributed by atoms with Crippen LogP contribution in [0.5, 0.6) is 0 Å². The van der Waals surface area contributed by atoms with Gasteiger partial charge in [-0.05, 0) is 18.9 Å². The molecular weight excluding hydrogens is 250 g/mol. The first-order chi connectivity index (χ1) is 8.49. The van der Waals surface area contributed by atoms with E-state index in [2.05, 4.69) is 0 Å². The van der Waals surface area contributed by atoms with Crippen molar-refractivity contribution in [2.45, 2.75) is 26.0 Å². The van der Waals surface area contributed by atoms with Crippen LogP contribution in [0.1, 0.15) is 24.5 Å². The summed E-state index contributed by atoms with van der Waals surface area (Å²) in [6, 6.07) is 7.48. The van der Waals surface area contributed by atoms with Crippen molar-refractivity contribution in [3.05, 3.63) is 35.4 Å². The second-order valence-corrected chi connectivity index (χ2v) is 6.34. The summed E-state index contributed by atoms with van der Waals surface area (Å²) in [7, 11) is -3.34. The Balaban J connectivity index is 2.85. The van der Waals surface area contributed by atoms with E-state index in [9.17, 15) is 8.42 Å². The first-order valence-electron chi connectivity index (χ1n) is 6.14. The molecular formula is C13H21NO3S. The maximum absolute atomic E-state index is 12.2. The molecule has 1 aromatic rings. The Bertz CT molecular complexity index is 465. The lowest BCUT2D eigenvalue weighted by Gasteiger charge is -2.20. The summed E-state index contributed by atoms with van der Waals surface area (Å²) in [5.41, 5.74) is 1.83. The Morgan fingerprint density at radius 1 is 1.28 bits per heavy atom. The highest BCUT2D eigenvalue weighted by Crippen LogP contribution is 2.12. The van der Waals surface area contributed by atoms with Gasteiger partial charge in [0, 0.05) is 13.1 Å². The number of hydrogen-bond acceptors (Lipinski definition) is 3. The van der Waals surface area contributed by atoms with Crippen molar-refractivity contribution in [2.24, 2.45) is 0 Å². The fraction of sp³-hybridized carbons (Fsp3) is 0.538. The number of aryl methyl sites for hydroxylation is 1. The van der Waals surface area contributed by atoms with Crippen LogP contribution in [0.4, 0.5) is 0 Å². The molecule has 0 aliphatic heterocycles. The van der Waals surface area contributed by atoms with Gasteiger partial charge in [-0.3, -0.25) is 0 Å². The molecule has 0 atom stereocenters. The number of aliphatic hydroxyl groups excluding tert-OH is 1. The summed E-state index contributed by atoms with van der Waals surface area (Å²) in [6.45, 7) is 4.34. The van der Waals surface area contributed by atoms with E-state index in [0.717, 1.165) is 17.5 Å². The molecule has 18 heavy (non-hydrogen) atoms. The topological polar surface area (TPSA) is 57.6 Å². The smallest absolute Gasteiger partial charge is 0.218 e. The summed E-state index contributed by atoms with van der Waals surface area (Å²) in [5.74, 6) is -0.00528. The largest absolute Gasteiger partial charge is 0.395 e. The zero-order valence-electron chi connectivity index (χ0n) is 11.0. The Kier molecular flexibility index (Phi) is 5.78. The van der Waals surface area contributed by atoms with Gasteiger partial charge in [0.1, 0.15) is 0 Å². The highest BCUT2D eigenvalue weighted by atomic mass is 32.2. The van der Waals surface area contributed by atoms with Gasteiger partial charge in [-0.1, -0.05) is 36.8 Å². The molecule has 0 aliphatic rings. The molecule has 1 N–H and O–H groups in total. The number of aliphatic hydroxyl groups is 1. The summed E-state index contributed by atoms with van der Waals surface area (Å²) >= 11 is 0. The van der Waals surface area contributed by atoms with E-state index in [0.29, 0.717) is 6.54 Å². The van der Waals surface area contributed by atoms with E-state index in [1.807, 2.05) is 38.1 Å². The van der Waals surface area contributed by atoms with Crippen molar-refractivity contribution in [3.8, 4) is 0 Å². The Labute approximate surface area is 109 Å². The first kappa shape index (κ1) is 15.1. The Morgan fingerprint density at radius 2 is 2.00 bits per heavy atom. The molecule has 1 rings (SSSR count). The molecule has 0 saturated heterocycles.